The molecule has 1 amide bonds. The van der Waals surface area contributed by atoms with Crippen LogP contribution >= 0.6 is 23.4 Å². The van der Waals surface area contributed by atoms with Crippen molar-refractivity contribution in [2.45, 2.75) is 18.2 Å². The lowest BCUT2D eigenvalue weighted by atomic mass is 10.0. The third-order valence-corrected chi connectivity index (χ3v) is 5.28. The zero-order valence-electron chi connectivity index (χ0n) is 14.6. The van der Waals surface area contributed by atoms with E-state index in [-0.39, 0.29) is 11.5 Å². The zero-order valence-corrected chi connectivity index (χ0v) is 16.2. The summed E-state index contributed by atoms with van der Waals surface area (Å²) in [6.07, 6.45) is 1.25. The number of fused-ring (bicyclic) bond motifs is 3. The first-order chi connectivity index (χ1) is 13.0. The number of para-hydroxylation sites is 1. The van der Waals surface area contributed by atoms with E-state index in [1.807, 2.05) is 42.7 Å². The number of carbonyl (C=O) groups is 1. The van der Waals surface area contributed by atoms with E-state index >= 15 is 0 Å². The summed E-state index contributed by atoms with van der Waals surface area (Å²) in [5.41, 5.74) is 2.32. The predicted molar refractivity (Wildman–Crippen MR) is 105 cm³/mol. The van der Waals surface area contributed by atoms with Crippen LogP contribution in [0, 0.1) is 0 Å². The molecule has 1 aliphatic rings. The molecule has 3 aromatic rings. The first-order valence-electron chi connectivity index (χ1n) is 8.26. The van der Waals surface area contributed by atoms with Gasteiger partial charge in [-0.1, -0.05) is 35.5 Å². The molecule has 1 aromatic heterocycles. The molecule has 1 atom stereocenters. The minimum atomic E-state index is -0.585. The second kappa shape index (κ2) is 6.83. The van der Waals surface area contributed by atoms with Crippen molar-refractivity contribution in [1.29, 1.82) is 0 Å². The van der Waals surface area contributed by atoms with Crippen LogP contribution < -0.4 is 15.1 Å². The van der Waals surface area contributed by atoms with Crippen LogP contribution in [0.4, 0.5) is 5.69 Å². The van der Waals surface area contributed by atoms with Crippen molar-refractivity contribution in [3.63, 3.8) is 0 Å². The first-order valence-corrected chi connectivity index (χ1v) is 9.86. The first kappa shape index (κ1) is 17.8. The lowest BCUT2D eigenvalue weighted by Crippen LogP contribution is -2.60. The standard InChI is InChI=1S/C19H15ClN4O2S/c1-11(25)23-15-6-4-3-5-14(15)16-17(26)21-19(27-2)22-24(16)18(23)12-7-9-13(20)10-8-12/h3-10,18H,1-2H3/p+1/t18-/m0/s1. The van der Waals surface area contributed by atoms with Crippen molar-refractivity contribution in [1.82, 2.24) is 10.1 Å². The van der Waals surface area contributed by atoms with Crippen LogP contribution in [0.2, 0.25) is 5.02 Å². The Hall–Kier alpha value is -2.64. The molecule has 2 aromatic carbocycles. The predicted octanol–water partition coefficient (Wildman–Crippen LogP) is 3.01. The topological polar surface area (TPSA) is 69.9 Å². The number of amides is 1. The van der Waals surface area contributed by atoms with Crippen LogP contribution in [0.15, 0.2) is 58.5 Å². The number of nitrogens with zero attached hydrogens (tertiary/aromatic N) is 3. The van der Waals surface area contributed by atoms with Crippen LogP contribution in [0.25, 0.3) is 11.3 Å². The number of anilines is 1. The van der Waals surface area contributed by atoms with Crippen LogP contribution in [0.5, 0.6) is 0 Å². The minimum Gasteiger partial charge on any atom is -0.291 e. The maximum Gasteiger partial charge on any atom is 0.325 e. The average Bonchev–Trinajstić information content (AvgIpc) is 2.67. The van der Waals surface area contributed by atoms with Crippen LogP contribution in [-0.4, -0.2) is 22.2 Å². The smallest absolute Gasteiger partial charge is 0.291 e. The second-order valence-electron chi connectivity index (χ2n) is 6.09. The largest absolute Gasteiger partial charge is 0.325 e. The Morgan fingerprint density at radius 2 is 1.93 bits per heavy atom. The molecule has 4 rings (SSSR count). The number of carbonyl (C=O) groups excluding carboxylic acids is 1. The van der Waals surface area contributed by atoms with Crippen LogP contribution in [0.1, 0.15) is 18.7 Å². The Morgan fingerprint density at radius 3 is 2.59 bits per heavy atom. The van der Waals surface area contributed by atoms with Gasteiger partial charge in [-0.25, -0.2) is 4.90 Å². The van der Waals surface area contributed by atoms with E-state index in [9.17, 15) is 9.59 Å². The van der Waals surface area contributed by atoms with Crippen molar-refractivity contribution in [2.24, 2.45) is 0 Å². The third-order valence-electron chi connectivity index (χ3n) is 4.46. The molecular formula is C19H16ClN4O2S+. The molecule has 1 aliphatic heterocycles. The van der Waals surface area contributed by atoms with Crippen molar-refractivity contribution >= 4 is 35.0 Å². The van der Waals surface area contributed by atoms with Gasteiger partial charge in [0.1, 0.15) is 0 Å². The van der Waals surface area contributed by atoms with Gasteiger partial charge in [0.2, 0.25) is 11.1 Å². The molecule has 0 saturated carbocycles. The van der Waals surface area contributed by atoms with E-state index in [1.165, 1.54) is 18.7 Å². The molecule has 136 valence electrons. The van der Waals surface area contributed by atoms with Gasteiger partial charge in [0.15, 0.2) is 0 Å². The number of aromatic nitrogens is 3. The fraction of sp³-hybridized carbons (Fsp3) is 0.158. The van der Waals surface area contributed by atoms with Crippen LogP contribution in [0.3, 0.4) is 0 Å². The molecule has 0 aliphatic carbocycles. The fourth-order valence-electron chi connectivity index (χ4n) is 3.34. The number of hydrogen-bond donors (Lipinski definition) is 1. The van der Waals surface area contributed by atoms with Crippen molar-refractivity contribution in [3.05, 3.63) is 69.5 Å². The van der Waals surface area contributed by atoms with Crippen molar-refractivity contribution in [2.75, 3.05) is 11.2 Å². The normalized spacial score (nSPS) is 15.2. The molecule has 2 heterocycles. The summed E-state index contributed by atoms with van der Waals surface area (Å²) in [6.45, 7) is 1.51. The molecule has 0 fully saturated rings. The summed E-state index contributed by atoms with van der Waals surface area (Å²) >= 11 is 7.38. The SMILES string of the molecule is CSc1n[n+]2c(c(=O)[nH]1)-c1ccccc1N(C(C)=O)[C@@H]2c1ccc(Cl)cc1. The number of hydrogen-bond acceptors (Lipinski definition) is 4. The van der Waals surface area contributed by atoms with Gasteiger partial charge in [0, 0.05) is 22.6 Å². The third kappa shape index (κ3) is 2.93. The number of benzene rings is 2. The molecule has 0 unspecified atom stereocenters. The Bertz CT molecular complexity index is 1100. The zero-order chi connectivity index (χ0) is 19.1. The molecule has 27 heavy (non-hydrogen) atoms. The van der Waals surface area contributed by atoms with Gasteiger partial charge in [-0.3, -0.25) is 14.6 Å². The van der Waals surface area contributed by atoms with Gasteiger partial charge in [0.05, 0.1) is 11.3 Å². The Kier molecular flexibility index (Phi) is 4.49. The van der Waals surface area contributed by atoms with E-state index in [0.29, 0.717) is 27.1 Å². The summed E-state index contributed by atoms with van der Waals surface area (Å²) in [5.74, 6) is -0.145. The van der Waals surface area contributed by atoms with Crippen molar-refractivity contribution in [3.8, 4) is 11.3 Å². The highest BCUT2D eigenvalue weighted by Gasteiger charge is 2.44. The number of nitrogens with one attached hydrogen (secondary N) is 1. The Balaban J connectivity index is 2.08. The summed E-state index contributed by atoms with van der Waals surface area (Å²) in [7, 11) is 0. The van der Waals surface area contributed by atoms with E-state index in [1.54, 1.807) is 21.7 Å². The molecule has 0 saturated heterocycles. The second-order valence-corrected chi connectivity index (χ2v) is 7.32. The Labute approximate surface area is 164 Å². The number of H-pyrrole nitrogens is 1. The van der Waals surface area contributed by atoms with Gasteiger partial charge in [-0.05, 0) is 47.3 Å². The van der Waals surface area contributed by atoms with Gasteiger partial charge >= 0.3 is 11.3 Å². The number of aromatic amines is 1. The molecule has 0 spiro atoms. The summed E-state index contributed by atoms with van der Waals surface area (Å²) in [5, 5.41) is 5.67. The molecule has 6 nitrogen and oxygen atoms in total. The minimum absolute atomic E-state index is 0.145. The lowest BCUT2D eigenvalue weighted by molar-refractivity contribution is -0.763. The fourth-order valence-corrected chi connectivity index (χ4v) is 3.83. The molecule has 0 radical (unpaired) electrons. The van der Waals surface area contributed by atoms with Gasteiger partial charge < -0.3 is 0 Å². The quantitative estimate of drug-likeness (QED) is 0.531. The molecule has 1 N–H and O–H groups in total. The van der Waals surface area contributed by atoms with E-state index in [0.717, 1.165) is 5.56 Å². The number of rotatable bonds is 2. The highest BCUT2D eigenvalue weighted by molar-refractivity contribution is 7.98. The van der Waals surface area contributed by atoms with E-state index in [4.69, 9.17) is 11.6 Å². The summed E-state index contributed by atoms with van der Waals surface area (Å²) in [4.78, 5) is 29.9. The van der Waals surface area contributed by atoms with Gasteiger partial charge in [0.25, 0.3) is 6.17 Å². The molecule has 0 bridgehead atoms. The number of thioether (sulfide) groups is 1. The molecule has 8 heteroatoms. The lowest BCUT2D eigenvalue weighted by Gasteiger charge is -2.31. The highest BCUT2D eigenvalue weighted by Crippen LogP contribution is 2.37. The van der Waals surface area contributed by atoms with E-state index < -0.39 is 6.17 Å². The van der Waals surface area contributed by atoms with Gasteiger partial charge in [-0.2, -0.15) is 0 Å². The maximum absolute atomic E-state index is 12.9. The highest BCUT2D eigenvalue weighted by atomic mass is 35.5. The monoisotopic (exact) mass is 399 g/mol. The maximum atomic E-state index is 12.9. The number of halogens is 1. The van der Waals surface area contributed by atoms with Gasteiger partial charge in [-0.15, -0.1) is 0 Å². The molecular weight excluding hydrogens is 384 g/mol. The summed E-state index contributed by atoms with van der Waals surface area (Å²) in [6, 6.07) is 14.6. The Morgan fingerprint density at radius 1 is 1.22 bits per heavy atom. The summed E-state index contributed by atoms with van der Waals surface area (Å²) < 4.78 is 1.62. The van der Waals surface area contributed by atoms with Crippen molar-refractivity contribution < 1.29 is 9.48 Å². The van der Waals surface area contributed by atoms with E-state index in [2.05, 4.69) is 10.1 Å². The average molecular weight is 400 g/mol. The van der Waals surface area contributed by atoms with Crippen LogP contribution in [-0.2, 0) is 4.79 Å².